The Hall–Kier alpha value is -3.62. The van der Waals surface area contributed by atoms with Gasteiger partial charge in [0.1, 0.15) is 5.75 Å². The van der Waals surface area contributed by atoms with E-state index in [4.69, 9.17) is 9.47 Å². The van der Waals surface area contributed by atoms with Gasteiger partial charge in [-0.1, -0.05) is 58.4 Å². The molecule has 3 aromatic rings. The van der Waals surface area contributed by atoms with Crippen LogP contribution in [-0.4, -0.2) is 36.1 Å². The van der Waals surface area contributed by atoms with Gasteiger partial charge in [0, 0.05) is 21.7 Å². The normalized spacial score (nSPS) is 24.3. The van der Waals surface area contributed by atoms with Crippen molar-refractivity contribution in [2.45, 2.75) is 11.7 Å². The molecular weight excluding hydrogens is 514 g/mol. The molecule has 3 aliphatic rings. The minimum Gasteiger partial charge on any atom is -0.497 e. The van der Waals surface area contributed by atoms with Gasteiger partial charge in [0.25, 0.3) is 0 Å². The van der Waals surface area contributed by atoms with Crippen LogP contribution < -0.4 is 9.64 Å². The molecule has 2 fully saturated rings. The minimum atomic E-state index is -2.09. The lowest BCUT2D eigenvalue weighted by Gasteiger charge is -2.27. The van der Waals surface area contributed by atoms with Gasteiger partial charge in [-0.2, -0.15) is 0 Å². The first-order valence-electron chi connectivity index (χ1n) is 11.0. The molecule has 1 spiro atoms. The number of ketones is 2. The summed E-state index contributed by atoms with van der Waals surface area (Å²) in [7, 11) is 1.49. The molecule has 3 atom stereocenters. The number of hydrogen-bond donors (Lipinski definition) is 0. The lowest BCUT2D eigenvalue weighted by molar-refractivity contribution is -0.127. The van der Waals surface area contributed by atoms with Gasteiger partial charge in [-0.3, -0.25) is 19.2 Å². The van der Waals surface area contributed by atoms with E-state index in [9.17, 15) is 19.2 Å². The quantitative estimate of drug-likeness (QED) is 0.372. The van der Waals surface area contributed by atoms with Crippen LogP contribution in [-0.2, 0) is 14.3 Å². The molecule has 174 valence electrons. The Labute approximate surface area is 208 Å². The van der Waals surface area contributed by atoms with Crippen LogP contribution in [0.1, 0.15) is 32.4 Å². The molecule has 6 rings (SSSR count). The third-order valence-electron chi connectivity index (χ3n) is 7.03. The highest BCUT2D eigenvalue weighted by Crippen LogP contribution is 2.57. The summed E-state index contributed by atoms with van der Waals surface area (Å²) in [6.45, 7) is 0. The predicted molar refractivity (Wildman–Crippen MR) is 128 cm³/mol. The number of ether oxygens (including phenoxy) is 2. The second-order valence-electron chi connectivity index (χ2n) is 8.75. The molecule has 0 bridgehead atoms. The van der Waals surface area contributed by atoms with Gasteiger partial charge in [-0.05, 0) is 29.8 Å². The number of hydrogen-bond acceptors (Lipinski definition) is 6. The number of carbonyl (C=O) groups excluding carboxylic acids is 4. The molecular formula is C27H18BrNO6. The molecule has 0 N–H and O–H groups in total. The summed E-state index contributed by atoms with van der Waals surface area (Å²) in [6, 6.07) is 20.1. The maximum atomic E-state index is 13.9. The fraction of sp³-hybridized carbons (Fsp3) is 0.185. The van der Waals surface area contributed by atoms with Gasteiger partial charge >= 0.3 is 0 Å². The van der Waals surface area contributed by atoms with Crippen LogP contribution in [0.3, 0.4) is 0 Å². The van der Waals surface area contributed by atoms with Gasteiger partial charge in [0.05, 0.1) is 30.7 Å². The zero-order valence-electron chi connectivity index (χ0n) is 18.4. The van der Waals surface area contributed by atoms with Crippen molar-refractivity contribution in [2.24, 2.45) is 11.8 Å². The molecule has 3 unspecified atom stereocenters. The zero-order valence-corrected chi connectivity index (χ0v) is 20.0. The van der Waals surface area contributed by atoms with Crippen molar-refractivity contribution in [1.82, 2.24) is 0 Å². The highest BCUT2D eigenvalue weighted by atomic mass is 79.9. The van der Waals surface area contributed by atoms with Crippen LogP contribution in [0.4, 0.5) is 5.69 Å². The third-order valence-corrected chi connectivity index (χ3v) is 7.56. The SMILES string of the molecule is COc1cccc(N2C(=O)C3C(c4ccc(Br)cc4)OC4(C(=O)c5ccccc5C4=O)C3C2=O)c1. The highest BCUT2D eigenvalue weighted by Gasteiger charge is 2.74. The molecule has 0 aromatic heterocycles. The van der Waals surface area contributed by atoms with Crippen molar-refractivity contribution >= 4 is 45.0 Å². The Bertz CT molecular complexity index is 1400. The number of halogens is 1. The van der Waals surface area contributed by atoms with Crippen molar-refractivity contribution in [3.05, 3.63) is 94.0 Å². The number of imide groups is 1. The van der Waals surface area contributed by atoms with Crippen LogP contribution in [0, 0.1) is 11.8 Å². The van der Waals surface area contributed by atoms with Gasteiger partial charge in [-0.15, -0.1) is 0 Å². The second-order valence-corrected chi connectivity index (χ2v) is 9.66. The van der Waals surface area contributed by atoms with E-state index in [1.165, 1.54) is 7.11 Å². The number of Topliss-reactive ketones (excluding diaryl/α,β-unsaturated/α-hetero) is 2. The summed E-state index contributed by atoms with van der Waals surface area (Å²) >= 11 is 3.39. The summed E-state index contributed by atoms with van der Waals surface area (Å²) < 4.78 is 12.4. The Morgan fingerprint density at radius 2 is 1.51 bits per heavy atom. The number of methoxy groups -OCH3 is 1. The minimum absolute atomic E-state index is 0.202. The molecule has 35 heavy (non-hydrogen) atoms. The van der Waals surface area contributed by atoms with Gasteiger partial charge < -0.3 is 9.47 Å². The lowest BCUT2D eigenvalue weighted by atomic mass is 9.77. The van der Waals surface area contributed by atoms with Crippen molar-refractivity contribution < 1.29 is 28.7 Å². The first-order valence-corrected chi connectivity index (χ1v) is 11.8. The van der Waals surface area contributed by atoms with Crippen molar-refractivity contribution in [2.75, 3.05) is 12.0 Å². The van der Waals surface area contributed by atoms with Crippen LogP contribution in [0.2, 0.25) is 0 Å². The zero-order chi connectivity index (χ0) is 24.5. The molecule has 7 nitrogen and oxygen atoms in total. The monoisotopic (exact) mass is 531 g/mol. The van der Waals surface area contributed by atoms with Crippen LogP contribution in [0.15, 0.2) is 77.3 Å². The van der Waals surface area contributed by atoms with Crippen molar-refractivity contribution in [3.8, 4) is 5.75 Å². The molecule has 2 amide bonds. The third kappa shape index (κ3) is 2.87. The maximum absolute atomic E-state index is 13.9. The second kappa shape index (κ2) is 7.69. The number of rotatable bonds is 3. The molecule has 0 radical (unpaired) electrons. The summed E-state index contributed by atoms with van der Waals surface area (Å²) in [5.41, 5.74) is -0.772. The molecule has 2 saturated heterocycles. The molecule has 8 heteroatoms. The Kier molecular flexibility index (Phi) is 4.81. The summed E-state index contributed by atoms with van der Waals surface area (Å²) in [5, 5.41) is 0. The van der Waals surface area contributed by atoms with Crippen molar-refractivity contribution in [3.63, 3.8) is 0 Å². The Balaban J connectivity index is 1.54. The smallest absolute Gasteiger partial charge is 0.241 e. The fourth-order valence-corrected chi connectivity index (χ4v) is 5.74. The average molecular weight is 532 g/mol. The maximum Gasteiger partial charge on any atom is 0.241 e. The number of anilines is 1. The van der Waals surface area contributed by atoms with Gasteiger partial charge in [0.15, 0.2) is 0 Å². The van der Waals surface area contributed by atoms with Gasteiger partial charge in [-0.25, -0.2) is 4.90 Å². The number of fused-ring (bicyclic) bond motifs is 3. The van der Waals surface area contributed by atoms with Gasteiger partial charge in [0.2, 0.25) is 29.0 Å². The fourth-order valence-electron chi connectivity index (χ4n) is 5.47. The highest BCUT2D eigenvalue weighted by molar-refractivity contribution is 9.10. The van der Waals surface area contributed by atoms with Crippen LogP contribution in [0.5, 0.6) is 5.75 Å². The molecule has 0 saturated carbocycles. The van der Waals surface area contributed by atoms with E-state index >= 15 is 0 Å². The number of amides is 2. The van der Waals surface area contributed by atoms with E-state index in [2.05, 4.69) is 15.9 Å². The first kappa shape index (κ1) is 21.9. The topological polar surface area (TPSA) is 90.0 Å². The molecule has 1 aliphatic carbocycles. The van der Waals surface area contributed by atoms with E-state index in [1.54, 1.807) is 72.8 Å². The number of benzene rings is 3. The van der Waals surface area contributed by atoms with Crippen LogP contribution in [0.25, 0.3) is 0 Å². The summed E-state index contributed by atoms with van der Waals surface area (Å²) in [5.74, 6) is -4.19. The van der Waals surface area contributed by atoms with E-state index in [0.29, 0.717) is 17.0 Å². The number of nitrogens with zero attached hydrogens (tertiary/aromatic N) is 1. The molecule has 2 heterocycles. The first-order chi connectivity index (χ1) is 16.9. The van der Waals surface area contributed by atoms with E-state index in [0.717, 1.165) is 9.37 Å². The lowest BCUT2D eigenvalue weighted by Crippen LogP contribution is -2.51. The van der Waals surface area contributed by atoms with E-state index < -0.39 is 46.9 Å². The predicted octanol–water partition coefficient (Wildman–Crippen LogP) is 4.15. The average Bonchev–Trinajstić information content (AvgIpc) is 3.44. The largest absolute Gasteiger partial charge is 0.497 e. The number of carbonyl (C=O) groups is 4. The standard InChI is InChI=1S/C27H18BrNO6/c1-34-17-6-4-5-16(13-17)29-25(32)20-21(26(29)33)27(35-22(20)14-9-11-15(28)12-10-14)23(30)18-7-2-3-8-19(18)24(27)31/h2-13,20-22H,1H3. The molecule has 2 aliphatic heterocycles. The molecule has 3 aromatic carbocycles. The van der Waals surface area contributed by atoms with E-state index in [-0.39, 0.29) is 11.1 Å². The summed E-state index contributed by atoms with van der Waals surface area (Å²) in [4.78, 5) is 56.3. The van der Waals surface area contributed by atoms with E-state index in [1.807, 2.05) is 0 Å². The Morgan fingerprint density at radius 3 is 2.14 bits per heavy atom. The van der Waals surface area contributed by atoms with Crippen LogP contribution >= 0.6 is 15.9 Å². The Morgan fingerprint density at radius 1 is 0.857 bits per heavy atom. The summed E-state index contributed by atoms with van der Waals surface area (Å²) in [6.07, 6.45) is -0.956. The van der Waals surface area contributed by atoms with Crippen molar-refractivity contribution in [1.29, 1.82) is 0 Å².